The van der Waals surface area contributed by atoms with E-state index in [9.17, 15) is 4.79 Å². The fourth-order valence-corrected chi connectivity index (χ4v) is 3.10. The zero-order valence-corrected chi connectivity index (χ0v) is 15.8. The van der Waals surface area contributed by atoms with Crippen LogP contribution >= 0.6 is 0 Å². The Kier molecular flexibility index (Phi) is 7.46. The molecule has 0 aromatic heterocycles. The molecule has 0 saturated carbocycles. The van der Waals surface area contributed by atoms with Gasteiger partial charge in [-0.15, -0.1) is 0 Å². The first-order valence-corrected chi connectivity index (χ1v) is 8.69. The van der Waals surface area contributed by atoms with E-state index in [0.29, 0.717) is 12.3 Å². The number of nitrogens with zero attached hydrogens (tertiary/aromatic N) is 1. The molecule has 0 fully saturated rings. The summed E-state index contributed by atoms with van der Waals surface area (Å²) in [6.07, 6.45) is 3.93. The molecule has 0 radical (unpaired) electrons. The van der Waals surface area contributed by atoms with Gasteiger partial charge in [-0.3, -0.25) is 9.79 Å². The van der Waals surface area contributed by atoms with Gasteiger partial charge in [-0.2, -0.15) is 0 Å². The molecule has 0 aliphatic heterocycles. The number of benzene rings is 1. The maximum atomic E-state index is 12.8. The Bertz CT molecular complexity index is 552. The molecule has 1 aromatic rings. The molecule has 1 unspecified atom stereocenters. The van der Waals surface area contributed by atoms with E-state index in [0.717, 1.165) is 24.8 Å². The van der Waals surface area contributed by atoms with Crippen LogP contribution in [0.15, 0.2) is 35.3 Å². The largest absolute Gasteiger partial charge is 0.460 e. The van der Waals surface area contributed by atoms with Gasteiger partial charge in [-0.1, -0.05) is 63.9 Å². The molecule has 0 aliphatic carbocycles. The molecule has 0 amide bonds. The number of aliphatic imine (C=N–C) groups is 1. The predicted molar refractivity (Wildman–Crippen MR) is 99.8 cm³/mol. The lowest BCUT2D eigenvalue weighted by Crippen LogP contribution is -2.45. The molecule has 0 heterocycles. The van der Waals surface area contributed by atoms with Crippen molar-refractivity contribution >= 4 is 11.8 Å². The van der Waals surface area contributed by atoms with Crippen molar-refractivity contribution in [3.05, 3.63) is 35.9 Å². The first kappa shape index (κ1) is 20.2. The quantitative estimate of drug-likeness (QED) is 0.416. The number of ether oxygens (including phenoxy) is 1. The molecule has 0 spiro atoms. The van der Waals surface area contributed by atoms with Gasteiger partial charge in [0.1, 0.15) is 17.9 Å². The monoisotopic (exact) mass is 332 g/mol. The van der Waals surface area contributed by atoms with Crippen molar-refractivity contribution in [1.29, 1.82) is 0 Å². The van der Waals surface area contributed by atoms with Gasteiger partial charge in [0, 0.05) is 7.05 Å². The molecule has 4 nitrogen and oxygen atoms in total. The van der Waals surface area contributed by atoms with Gasteiger partial charge in [0.15, 0.2) is 0 Å². The third kappa shape index (κ3) is 5.66. The highest BCUT2D eigenvalue weighted by Crippen LogP contribution is 2.39. The average molecular weight is 332 g/mol. The molecule has 0 bridgehead atoms. The average Bonchev–Trinajstić information content (AvgIpc) is 2.57. The summed E-state index contributed by atoms with van der Waals surface area (Å²) in [5.41, 5.74) is 6.16. The number of nitrogens with two attached hydrogens (primary N) is 1. The number of rotatable bonds is 9. The van der Waals surface area contributed by atoms with Crippen molar-refractivity contribution in [1.82, 2.24) is 0 Å². The lowest BCUT2D eigenvalue weighted by molar-refractivity contribution is -0.154. The number of amidine groups is 1. The molecule has 1 atom stereocenters. The molecule has 1 aromatic carbocycles. The fraction of sp³-hybridized carbons (Fsp3) is 0.600. The Hall–Kier alpha value is -1.84. The van der Waals surface area contributed by atoms with Gasteiger partial charge in [0.2, 0.25) is 0 Å². The van der Waals surface area contributed by atoms with Crippen LogP contribution in [0.1, 0.15) is 58.9 Å². The van der Waals surface area contributed by atoms with Gasteiger partial charge in [0.05, 0.1) is 0 Å². The van der Waals surface area contributed by atoms with Crippen LogP contribution < -0.4 is 5.73 Å². The molecule has 0 saturated heterocycles. The van der Waals surface area contributed by atoms with Gasteiger partial charge in [0.25, 0.3) is 0 Å². The van der Waals surface area contributed by atoms with Crippen LogP contribution in [0.5, 0.6) is 0 Å². The van der Waals surface area contributed by atoms with E-state index in [4.69, 9.17) is 10.5 Å². The second-order valence-electron chi connectivity index (χ2n) is 7.45. The van der Waals surface area contributed by atoms with Crippen molar-refractivity contribution in [3.63, 3.8) is 0 Å². The van der Waals surface area contributed by atoms with Crippen LogP contribution in [0.4, 0.5) is 0 Å². The minimum atomic E-state index is -0.902. The van der Waals surface area contributed by atoms with Gasteiger partial charge >= 0.3 is 5.97 Å². The van der Waals surface area contributed by atoms with E-state index < -0.39 is 5.41 Å². The summed E-state index contributed by atoms with van der Waals surface area (Å²) < 4.78 is 5.57. The summed E-state index contributed by atoms with van der Waals surface area (Å²) >= 11 is 0. The summed E-state index contributed by atoms with van der Waals surface area (Å²) in [5, 5.41) is 0. The smallest absolute Gasteiger partial charge is 0.319 e. The highest BCUT2D eigenvalue weighted by Gasteiger charge is 2.43. The first-order valence-electron chi connectivity index (χ1n) is 8.69. The Morgan fingerprint density at radius 1 is 1.21 bits per heavy atom. The summed E-state index contributed by atoms with van der Waals surface area (Å²) in [6.45, 7) is 8.62. The third-order valence-electron chi connectivity index (χ3n) is 4.51. The maximum absolute atomic E-state index is 12.8. The van der Waals surface area contributed by atoms with Crippen molar-refractivity contribution < 1.29 is 9.53 Å². The van der Waals surface area contributed by atoms with E-state index >= 15 is 0 Å². The van der Waals surface area contributed by atoms with E-state index in [1.54, 1.807) is 7.05 Å². The first-order chi connectivity index (χ1) is 11.2. The number of esters is 1. The number of carbonyl (C=O) groups is 1. The molecule has 134 valence electrons. The number of hydrogen-bond donors (Lipinski definition) is 1. The standard InChI is InChI=1S/C20H32N2O2/c1-6-7-13-19(2,3)15-20(4,17(21)22-5)18(23)24-14-16-11-9-8-10-12-16/h8-12H,6-7,13-15H2,1-5H3,(H2,21,22). The zero-order chi connectivity index (χ0) is 18.2. The Balaban J connectivity index is 2.88. The van der Waals surface area contributed by atoms with E-state index in [1.165, 1.54) is 0 Å². The highest BCUT2D eigenvalue weighted by molar-refractivity contribution is 6.04. The Morgan fingerprint density at radius 2 is 1.83 bits per heavy atom. The predicted octanol–water partition coefficient (Wildman–Crippen LogP) is 4.33. The summed E-state index contributed by atoms with van der Waals surface area (Å²) in [6, 6.07) is 9.67. The minimum absolute atomic E-state index is 0.00810. The van der Waals surface area contributed by atoms with E-state index in [2.05, 4.69) is 25.8 Å². The van der Waals surface area contributed by atoms with Crippen LogP contribution in [0.3, 0.4) is 0 Å². The molecular weight excluding hydrogens is 300 g/mol. The second kappa shape index (κ2) is 8.86. The van der Waals surface area contributed by atoms with Crippen molar-refractivity contribution in [2.45, 2.75) is 60.0 Å². The van der Waals surface area contributed by atoms with Gasteiger partial charge in [-0.05, 0) is 30.7 Å². The van der Waals surface area contributed by atoms with Crippen LogP contribution in [-0.2, 0) is 16.1 Å². The number of unbranched alkanes of at least 4 members (excludes halogenated alkanes) is 1. The maximum Gasteiger partial charge on any atom is 0.319 e. The van der Waals surface area contributed by atoms with Crippen LogP contribution in [0.25, 0.3) is 0 Å². The summed E-state index contributed by atoms with van der Waals surface area (Å²) in [5.74, 6) is 0.0316. The topological polar surface area (TPSA) is 64.7 Å². The van der Waals surface area contributed by atoms with Crippen molar-refractivity contribution in [2.24, 2.45) is 21.6 Å². The van der Waals surface area contributed by atoms with Crippen LogP contribution in [0.2, 0.25) is 0 Å². The number of carbonyl (C=O) groups excluding carboxylic acids is 1. The van der Waals surface area contributed by atoms with E-state index in [-0.39, 0.29) is 18.0 Å². The van der Waals surface area contributed by atoms with Crippen LogP contribution in [0, 0.1) is 10.8 Å². The van der Waals surface area contributed by atoms with Gasteiger partial charge in [-0.25, -0.2) is 0 Å². The molecule has 24 heavy (non-hydrogen) atoms. The normalized spacial score (nSPS) is 15.0. The molecule has 4 heteroatoms. The van der Waals surface area contributed by atoms with Crippen LogP contribution in [-0.4, -0.2) is 18.9 Å². The lowest BCUT2D eigenvalue weighted by atomic mass is 9.71. The highest BCUT2D eigenvalue weighted by atomic mass is 16.5. The summed E-state index contributed by atoms with van der Waals surface area (Å²) in [7, 11) is 1.62. The second-order valence-corrected chi connectivity index (χ2v) is 7.45. The lowest BCUT2D eigenvalue weighted by Gasteiger charge is -2.35. The number of hydrogen-bond acceptors (Lipinski definition) is 3. The SMILES string of the molecule is CCCCC(C)(C)CC(C)(C(=O)OCc1ccccc1)/C(N)=N\C. The zero-order valence-electron chi connectivity index (χ0n) is 15.8. The van der Waals surface area contributed by atoms with Crippen molar-refractivity contribution in [3.8, 4) is 0 Å². The fourth-order valence-electron chi connectivity index (χ4n) is 3.10. The molecule has 1 rings (SSSR count). The summed E-state index contributed by atoms with van der Waals surface area (Å²) in [4.78, 5) is 16.9. The minimum Gasteiger partial charge on any atom is -0.460 e. The molecule has 0 aliphatic rings. The molecule has 2 N–H and O–H groups in total. The Labute approximate surface area is 146 Å². The molecular formula is C20H32N2O2. The van der Waals surface area contributed by atoms with Crippen molar-refractivity contribution in [2.75, 3.05) is 7.05 Å². The van der Waals surface area contributed by atoms with Gasteiger partial charge < -0.3 is 10.5 Å². The Morgan fingerprint density at radius 3 is 2.38 bits per heavy atom. The van der Waals surface area contributed by atoms with E-state index in [1.807, 2.05) is 37.3 Å². The third-order valence-corrected chi connectivity index (χ3v) is 4.51.